The average Bonchev–Trinajstić information content (AvgIpc) is 2.92. The number of azo groups is 1. The van der Waals surface area contributed by atoms with Crippen LogP contribution in [-0.2, 0) is 11.3 Å². The monoisotopic (exact) mass is 347 g/mol. The molecule has 3 rings (SSSR count). The third-order valence-corrected chi connectivity index (χ3v) is 3.81. The zero-order valence-electron chi connectivity index (χ0n) is 14.2. The molecule has 6 heteroatoms. The number of fused-ring (bicyclic) bond motifs is 1. The third-order valence-electron chi connectivity index (χ3n) is 3.81. The first kappa shape index (κ1) is 17.2. The van der Waals surface area contributed by atoms with E-state index >= 15 is 0 Å². The van der Waals surface area contributed by atoms with Gasteiger partial charge in [0.25, 0.3) is 0 Å². The Morgan fingerprint density at radius 2 is 1.96 bits per heavy atom. The molecule has 0 saturated carbocycles. The van der Waals surface area contributed by atoms with Crippen LogP contribution in [0.3, 0.4) is 0 Å². The van der Waals surface area contributed by atoms with Crippen molar-refractivity contribution in [3.63, 3.8) is 0 Å². The van der Waals surface area contributed by atoms with Crippen LogP contribution in [-0.4, -0.2) is 22.2 Å². The molecule has 2 aromatic carbocycles. The van der Waals surface area contributed by atoms with E-state index in [4.69, 9.17) is 11.2 Å². The number of carbonyl (C=O) groups excluding carboxylic acids is 1. The molecule has 0 unspecified atom stereocenters. The average molecular weight is 347 g/mol. The zero-order chi connectivity index (χ0) is 18.5. The molecule has 0 radical (unpaired) electrons. The summed E-state index contributed by atoms with van der Waals surface area (Å²) in [5, 5.41) is 18.6. The molecule has 0 aliphatic rings. The molecule has 0 aliphatic carbocycles. The van der Waals surface area contributed by atoms with Crippen LogP contribution < -0.4 is 4.74 Å². The number of nitrogens with zero attached hydrogens (tertiary/aromatic N) is 3. The SMILES string of the molecule is C#CCn1c(O)c(N=NC(=O)COc2ccc(C)cc2)c2ccccc21. The fraction of sp³-hybridized carbons (Fsp3) is 0.150. The smallest absolute Gasteiger partial charge is 0.302 e. The molecular formula is C20H17N3O3. The van der Waals surface area contributed by atoms with Gasteiger partial charge in [-0.15, -0.1) is 16.7 Å². The van der Waals surface area contributed by atoms with Gasteiger partial charge in [-0.2, -0.15) is 0 Å². The summed E-state index contributed by atoms with van der Waals surface area (Å²) >= 11 is 0. The van der Waals surface area contributed by atoms with E-state index in [2.05, 4.69) is 16.1 Å². The predicted molar refractivity (Wildman–Crippen MR) is 98.6 cm³/mol. The number of amides is 1. The molecule has 0 saturated heterocycles. The lowest BCUT2D eigenvalue weighted by atomic mass is 10.2. The minimum absolute atomic E-state index is 0.125. The first-order chi connectivity index (χ1) is 12.6. The molecule has 26 heavy (non-hydrogen) atoms. The Morgan fingerprint density at radius 3 is 2.69 bits per heavy atom. The number of benzene rings is 2. The minimum atomic E-state index is -0.557. The molecule has 0 aliphatic heterocycles. The second-order valence-corrected chi connectivity index (χ2v) is 5.68. The number of aromatic nitrogens is 1. The molecule has 130 valence electrons. The number of carbonyl (C=O) groups is 1. The van der Waals surface area contributed by atoms with E-state index in [0.29, 0.717) is 11.1 Å². The molecule has 1 amide bonds. The van der Waals surface area contributed by atoms with E-state index in [-0.39, 0.29) is 24.7 Å². The van der Waals surface area contributed by atoms with Crippen molar-refractivity contribution >= 4 is 22.5 Å². The normalized spacial score (nSPS) is 10.9. The van der Waals surface area contributed by atoms with E-state index in [0.717, 1.165) is 11.1 Å². The predicted octanol–water partition coefficient (Wildman–Crippen LogP) is 3.98. The first-order valence-electron chi connectivity index (χ1n) is 7.98. The first-order valence-corrected chi connectivity index (χ1v) is 7.98. The topological polar surface area (TPSA) is 76.2 Å². The Labute approximate surface area is 150 Å². The maximum Gasteiger partial charge on any atom is 0.302 e. The lowest BCUT2D eigenvalue weighted by Crippen LogP contribution is -2.07. The Morgan fingerprint density at radius 1 is 1.23 bits per heavy atom. The molecule has 0 fully saturated rings. The van der Waals surface area contributed by atoms with Crippen LogP contribution in [0.15, 0.2) is 58.8 Å². The van der Waals surface area contributed by atoms with E-state index < -0.39 is 5.91 Å². The van der Waals surface area contributed by atoms with Gasteiger partial charge in [0, 0.05) is 5.39 Å². The Balaban J connectivity index is 1.77. The van der Waals surface area contributed by atoms with Crippen molar-refractivity contribution in [2.75, 3.05) is 6.61 Å². The number of ether oxygens (including phenoxy) is 1. The Kier molecular flexibility index (Phi) is 4.99. The van der Waals surface area contributed by atoms with E-state index in [1.54, 1.807) is 18.2 Å². The van der Waals surface area contributed by atoms with Gasteiger partial charge in [-0.05, 0) is 25.1 Å². The van der Waals surface area contributed by atoms with Gasteiger partial charge in [-0.1, -0.05) is 41.8 Å². The van der Waals surface area contributed by atoms with Crippen LogP contribution >= 0.6 is 0 Å². The maximum atomic E-state index is 11.9. The third kappa shape index (κ3) is 3.57. The summed E-state index contributed by atoms with van der Waals surface area (Å²) in [6.07, 6.45) is 5.35. The summed E-state index contributed by atoms with van der Waals surface area (Å²) in [6, 6.07) is 14.6. The van der Waals surface area contributed by atoms with Crippen molar-refractivity contribution in [1.29, 1.82) is 0 Å². The van der Waals surface area contributed by atoms with Gasteiger partial charge in [0.2, 0.25) is 5.88 Å². The number of rotatable bonds is 5. The summed E-state index contributed by atoms with van der Waals surface area (Å²) < 4.78 is 6.91. The molecule has 0 spiro atoms. The summed E-state index contributed by atoms with van der Waals surface area (Å²) in [5.41, 5.74) is 2.03. The second-order valence-electron chi connectivity index (χ2n) is 5.68. The highest BCUT2D eigenvalue weighted by atomic mass is 16.5. The summed E-state index contributed by atoms with van der Waals surface area (Å²) in [7, 11) is 0. The fourth-order valence-electron chi connectivity index (χ4n) is 2.54. The molecule has 6 nitrogen and oxygen atoms in total. The number of hydrogen-bond acceptors (Lipinski definition) is 4. The van der Waals surface area contributed by atoms with Crippen LogP contribution in [0.4, 0.5) is 5.69 Å². The largest absolute Gasteiger partial charge is 0.493 e. The molecule has 1 heterocycles. The van der Waals surface area contributed by atoms with Gasteiger partial charge in [0.1, 0.15) is 5.75 Å². The number of terminal acetylenes is 1. The van der Waals surface area contributed by atoms with E-state index in [1.807, 2.05) is 37.3 Å². The van der Waals surface area contributed by atoms with Crippen molar-refractivity contribution in [2.45, 2.75) is 13.5 Å². The highest BCUT2D eigenvalue weighted by Gasteiger charge is 2.16. The summed E-state index contributed by atoms with van der Waals surface area (Å²) in [4.78, 5) is 11.9. The van der Waals surface area contributed by atoms with Gasteiger partial charge in [-0.3, -0.25) is 9.36 Å². The maximum absolute atomic E-state index is 11.9. The molecule has 3 aromatic rings. The molecule has 1 N–H and O–H groups in total. The molecule has 0 atom stereocenters. The van der Waals surface area contributed by atoms with Gasteiger partial charge >= 0.3 is 5.91 Å². The quantitative estimate of drug-likeness (QED) is 0.560. The summed E-state index contributed by atoms with van der Waals surface area (Å²) in [6.45, 7) is 1.91. The van der Waals surface area contributed by atoms with Crippen molar-refractivity contribution in [3.8, 4) is 24.0 Å². The van der Waals surface area contributed by atoms with Crippen molar-refractivity contribution in [2.24, 2.45) is 10.2 Å². The van der Waals surface area contributed by atoms with Crippen LogP contribution in [0.2, 0.25) is 0 Å². The summed E-state index contributed by atoms with van der Waals surface area (Å²) in [5.74, 6) is 2.38. The number of hydrogen-bond donors (Lipinski definition) is 1. The fourth-order valence-corrected chi connectivity index (χ4v) is 2.54. The van der Waals surface area contributed by atoms with Crippen LogP contribution in [0.25, 0.3) is 10.9 Å². The Bertz CT molecular complexity index is 1010. The number of para-hydroxylation sites is 1. The van der Waals surface area contributed by atoms with Crippen LogP contribution in [0.5, 0.6) is 11.6 Å². The van der Waals surface area contributed by atoms with Gasteiger partial charge in [0.05, 0.1) is 12.1 Å². The number of aryl methyl sites for hydroxylation is 1. The minimum Gasteiger partial charge on any atom is -0.493 e. The highest BCUT2D eigenvalue weighted by molar-refractivity contribution is 5.95. The lowest BCUT2D eigenvalue weighted by molar-refractivity contribution is -0.120. The molecule has 1 aromatic heterocycles. The van der Waals surface area contributed by atoms with Crippen molar-refractivity contribution < 1.29 is 14.6 Å². The number of aromatic hydroxyl groups is 1. The second kappa shape index (κ2) is 7.53. The standard InChI is InChI=1S/C20H17N3O3/c1-3-12-23-17-7-5-4-6-16(17)19(20(23)25)22-21-18(24)13-26-15-10-8-14(2)9-11-15/h1,4-11,25H,12-13H2,2H3. The molecular weight excluding hydrogens is 330 g/mol. The molecule has 0 bridgehead atoms. The van der Waals surface area contributed by atoms with Gasteiger partial charge in [-0.25, -0.2) is 0 Å². The zero-order valence-corrected chi connectivity index (χ0v) is 14.2. The van der Waals surface area contributed by atoms with Crippen LogP contribution in [0.1, 0.15) is 5.56 Å². The Hall–Kier alpha value is -3.59. The highest BCUT2D eigenvalue weighted by Crippen LogP contribution is 2.38. The lowest BCUT2D eigenvalue weighted by Gasteiger charge is -2.02. The van der Waals surface area contributed by atoms with Crippen molar-refractivity contribution in [3.05, 3.63) is 54.1 Å². The van der Waals surface area contributed by atoms with Gasteiger partial charge < -0.3 is 9.84 Å². The van der Waals surface area contributed by atoms with E-state index in [9.17, 15) is 9.90 Å². The van der Waals surface area contributed by atoms with E-state index in [1.165, 1.54) is 4.57 Å². The van der Waals surface area contributed by atoms with Crippen molar-refractivity contribution in [1.82, 2.24) is 4.57 Å². The van der Waals surface area contributed by atoms with Gasteiger partial charge in [0.15, 0.2) is 12.3 Å². The van der Waals surface area contributed by atoms with Crippen LogP contribution in [0, 0.1) is 19.3 Å².